The number of fused-ring (bicyclic) bond motifs is 5. The van der Waals surface area contributed by atoms with Gasteiger partial charge in [-0.05, 0) is 85.4 Å². The van der Waals surface area contributed by atoms with Crippen molar-refractivity contribution in [3.63, 3.8) is 0 Å². The van der Waals surface area contributed by atoms with E-state index in [4.69, 9.17) is 0 Å². The molecule has 0 radical (unpaired) electrons. The number of ketones is 1. The SMILES string of the molecule is CC(=O)NCCNC(=O)[C@@H](C)[C@H]1CC[C@H]2[C@@H]3CC[C@H]4CC(=O)CC[C@]4(C)[C@H]3CC[C@]12C. The zero-order valence-electron chi connectivity index (χ0n) is 20.0. The average Bonchev–Trinajstić information content (AvgIpc) is 3.08. The molecule has 0 aromatic rings. The van der Waals surface area contributed by atoms with E-state index in [0.717, 1.165) is 43.4 Å². The Hall–Kier alpha value is -1.39. The Kier molecular flexibility index (Phi) is 6.26. The Morgan fingerprint density at radius 3 is 2.42 bits per heavy atom. The van der Waals surface area contributed by atoms with Gasteiger partial charge < -0.3 is 10.6 Å². The van der Waals surface area contributed by atoms with Crippen molar-refractivity contribution in [1.29, 1.82) is 0 Å². The predicted molar refractivity (Wildman–Crippen MR) is 121 cm³/mol. The number of rotatable bonds is 5. The van der Waals surface area contributed by atoms with Gasteiger partial charge in [0.05, 0.1) is 0 Å². The first-order chi connectivity index (χ1) is 14.7. The number of amides is 2. The van der Waals surface area contributed by atoms with E-state index in [1.54, 1.807) is 0 Å². The summed E-state index contributed by atoms with van der Waals surface area (Å²) in [4.78, 5) is 36.0. The van der Waals surface area contributed by atoms with Crippen molar-refractivity contribution in [2.45, 2.75) is 85.5 Å². The summed E-state index contributed by atoms with van der Waals surface area (Å²) in [5.41, 5.74) is 0.603. The lowest BCUT2D eigenvalue weighted by atomic mass is 9.44. The van der Waals surface area contributed by atoms with Crippen LogP contribution in [0.4, 0.5) is 0 Å². The Labute approximate surface area is 187 Å². The van der Waals surface area contributed by atoms with Gasteiger partial charge in [0.25, 0.3) is 0 Å². The minimum Gasteiger partial charge on any atom is -0.355 e. The van der Waals surface area contributed by atoms with E-state index in [0.29, 0.717) is 36.1 Å². The fraction of sp³-hybridized carbons (Fsp3) is 0.885. The molecule has 31 heavy (non-hydrogen) atoms. The highest BCUT2D eigenvalue weighted by atomic mass is 16.2. The molecule has 2 amide bonds. The minimum absolute atomic E-state index is 0.0168. The third-order valence-corrected chi connectivity index (χ3v) is 10.4. The molecule has 5 nitrogen and oxygen atoms in total. The molecule has 0 heterocycles. The van der Waals surface area contributed by atoms with E-state index in [2.05, 4.69) is 31.4 Å². The Morgan fingerprint density at radius 1 is 0.968 bits per heavy atom. The molecule has 0 spiro atoms. The van der Waals surface area contributed by atoms with E-state index >= 15 is 0 Å². The summed E-state index contributed by atoms with van der Waals surface area (Å²) in [7, 11) is 0. The quantitative estimate of drug-likeness (QED) is 0.645. The largest absolute Gasteiger partial charge is 0.355 e. The molecule has 0 bridgehead atoms. The van der Waals surface area contributed by atoms with Crippen LogP contribution in [0, 0.1) is 46.3 Å². The van der Waals surface area contributed by atoms with Gasteiger partial charge in [-0.15, -0.1) is 0 Å². The fourth-order valence-electron chi connectivity index (χ4n) is 8.68. The number of hydrogen-bond donors (Lipinski definition) is 2. The molecule has 2 N–H and O–H groups in total. The molecule has 5 heteroatoms. The molecule has 0 aromatic heterocycles. The molecule has 0 saturated heterocycles. The lowest BCUT2D eigenvalue weighted by Gasteiger charge is -2.60. The van der Waals surface area contributed by atoms with Crippen LogP contribution in [-0.4, -0.2) is 30.7 Å². The first kappa shape index (κ1) is 22.8. The predicted octanol–water partition coefficient (Wildman–Crippen LogP) is 4.10. The summed E-state index contributed by atoms with van der Waals surface area (Å²) < 4.78 is 0. The van der Waals surface area contributed by atoms with Crippen LogP contribution in [-0.2, 0) is 14.4 Å². The van der Waals surface area contributed by atoms with Crippen molar-refractivity contribution in [2.24, 2.45) is 46.3 Å². The first-order valence-corrected chi connectivity index (χ1v) is 12.7. The molecule has 174 valence electrons. The average molecular weight is 431 g/mol. The highest BCUT2D eigenvalue weighted by Crippen LogP contribution is 2.68. The van der Waals surface area contributed by atoms with Gasteiger partial charge in [-0.2, -0.15) is 0 Å². The number of carbonyl (C=O) groups excluding carboxylic acids is 3. The van der Waals surface area contributed by atoms with Crippen molar-refractivity contribution < 1.29 is 14.4 Å². The number of Topliss-reactive ketones (excluding diaryl/α,β-unsaturated/α-hetero) is 1. The standard InChI is InChI=1S/C26H42N2O3/c1-16(24(31)28-14-13-27-17(2)29)21-7-8-22-20-6-5-18-15-19(30)9-11-25(18,3)23(20)10-12-26(21,22)4/h16,18,20-23H,5-15H2,1-4H3,(H,27,29)(H,28,31)/t16-,18-,20-,21+,22-,23-,25-,26+/m0/s1. The second kappa shape index (κ2) is 8.51. The zero-order valence-corrected chi connectivity index (χ0v) is 20.0. The lowest BCUT2D eigenvalue weighted by molar-refractivity contribution is -0.142. The van der Waals surface area contributed by atoms with E-state index in [1.165, 1.54) is 39.0 Å². The van der Waals surface area contributed by atoms with Gasteiger partial charge in [0.15, 0.2) is 0 Å². The summed E-state index contributed by atoms with van der Waals surface area (Å²) in [5.74, 6) is 3.88. The Balaban J connectivity index is 1.43. The van der Waals surface area contributed by atoms with Crippen LogP contribution in [0.3, 0.4) is 0 Å². The van der Waals surface area contributed by atoms with Gasteiger partial charge in [-0.1, -0.05) is 20.8 Å². The van der Waals surface area contributed by atoms with Crippen LogP contribution < -0.4 is 10.6 Å². The van der Waals surface area contributed by atoms with E-state index in [1.807, 2.05) is 0 Å². The first-order valence-electron chi connectivity index (χ1n) is 12.7. The molecule has 4 saturated carbocycles. The molecule has 0 aliphatic heterocycles. The van der Waals surface area contributed by atoms with Crippen LogP contribution in [0.2, 0.25) is 0 Å². The highest BCUT2D eigenvalue weighted by molar-refractivity contribution is 5.80. The number of nitrogens with one attached hydrogen (secondary N) is 2. The smallest absolute Gasteiger partial charge is 0.223 e. The summed E-state index contributed by atoms with van der Waals surface area (Å²) >= 11 is 0. The van der Waals surface area contributed by atoms with Crippen molar-refractivity contribution >= 4 is 17.6 Å². The van der Waals surface area contributed by atoms with Gasteiger partial charge in [-0.3, -0.25) is 14.4 Å². The van der Waals surface area contributed by atoms with Crippen LogP contribution >= 0.6 is 0 Å². The molecule has 4 rings (SSSR count). The molecule has 4 aliphatic rings. The maximum Gasteiger partial charge on any atom is 0.223 e. The van der Waals surface area contributed by atoms with E-state index in [-0.39, 0.29) is 23.1 Å². The van der Waals surface area contributed by atoms with Crippen LogP contribution in [0.5, 0.6) is 0 Å². The molecule has 4 aliphatic carbocycles. The second-order valence-corrected chi connectivity index (χ2v) is 11.7. The van der Waals surface area contributed by atoms with E-state index in [9.17, 15) is 14.4 Å². The molecule has 4 fully saturated rings. The molecular weight excluding hydrogens is 388 g/mol. The van der Waals surface area contributed by atoms with Crippen molar-refractivity contribution in [2.75, 3.05) is 13.1 Å². The third kappa shape index (κ3) is 3.95. The van der Waals surface area contributed by atoms with E-state index < -0.39 is 0 Å². The van der Waals surface area contributed by atoms with Gasteiger partial charge in [0, 0.05) is 38.8 Å². The summed E-state index contributed by atoms with van der Waals surface area (Å²) in [6, 6.07) is 0. The van der Waals surface area contributed by atoms with Gasteiger partial charge >= 0.3 is 0 Å². The van der Waals surface area contributed by atoms with Crippen molar-refractivity contribution in [3.05, 3.63) is 0 Å². The topological polar surface area (TPSA) is 75.3 Å². The maximum atomic E-state index is 12.9. The van der Waals surface area contributed by atoms with Gasteiger partial charge in [-0.25, -0.2) is 0 Å². The van der Waals surface area contributed by atoms with Crippen LogP contribution in [0.1, 0.15) is 85.5 Å². The summed E-state index contributed by atoms with van der Waals surface area (Å²) in [6.45, 7) is 9.58. The third-order valence-electron chi connectivity index (χ3n) is 10.4. The summed E-state index contributed by atoms with van der Waals surface area (Å²) in [6.07, 6.45) is 10.1. The number of hydrogen-bond acceptors (Lipinski definition) is 3. The van der Waals surface area contributed by atoms with Crippen molar-refractivity contribution in [1.82, 2.24) is 10.6 Å². The van der Waals surface area contributed by atoms with Crippen LogP contribution in [0.25, 0.3) is 0 Å². The number of carbonyl (C=O) groups is 3. The normalized spacial score (nSPS) is 42.7. The molecule has 0 aromatic carbocycles. The fourth-order valence-corrected chi connectivity index (χ4v) is 8.68. The van der Waals surface area contributed by atoms with Crippen molar-refractivity contribution in [3.8, 4) is 0 Å². The Bertz CT molecular complexity index is 736. The minimum atomic E-state index is -0.0593. The molecular formula is C26H42N2O3. The maximum absolute atomic E-state index is 12.9. The van der Waals surface area contributed by atoms with Gasteiger partial charge in [0.1, 0.15) is 5.78 Å². The summed E-state index contributed by atoms with van der Waals surface area (Å²) in [5, 5.41) is 5.79. The lowest BCUT2D eigenvalue weighted by Crippen LogP contribution is -2.54. The van der Waals surface area contributed by atoms with Gasteiger partial charge in [0.2, 0.25) is 11.8 Å². The monoisotopic (exact) mass is 430 g/mol. The van der Waals surface area contributed by atoms with Crippen LogP contribution in [0.15, 0.2) is 0 Å². The molecule has 0 unspecified atom stereocenters. The Morgan fingerprint density at radius 2 is 1.68 bits per heavy atom. The zero-order chi connectivity index (χ0) is 22.4. The second-order valence-electron chi connectivity index (χ2n) is 11.7. The highest BCUT2D eigenvalue weighted by Gasteiger charge is 2.61. The molecule has 8 atom stereocenters.